The molecule has 0 aliphatic carbocycles. The summed E-state index contributed by atoms with van der Waals surface area (Å²) in [7, 11) is -3.71. The maximum atomic E-state index is 13.3. The van der Waals surface area contributed by atoms with Gasteiger partial charge in [0.05, 0.1) is 17.1 Å². The zero-order valence-corrected chi connectivity index (χ0v) is 16.1. The second kappa shape index (κ2) is 7.65. The number of aryl methyl sites for hydroxylation is 2. The number of halogens is 1. The van der Waals surface area contributed by atoms with Gasteiger partial charge in [0.25, 0.3) is 0 Å². The average molecular weight is 391 g/mol. The molecule has 0 aliphatic heterocycles. The van der Waals surface area contributed by atoms with Crippen LogP contribution in [-0.4, -0.2) is 13.4 Å². The Labute approximate surface area is 156 Å². The first-order chi connectivity index (χ1) is 12.3. The van der Waals surface area contributed by atoms with Crippen LogP contribution in [0.4, 0.5) is 4.39 Å². The molecule has 0 bridgehead atoms. The predicted octanol–water partition coefficient (Wildman–Crippen LogP) is 3.97. The van der Waals surface area contributed by atoms with Crippen LogP contribution in [0.1, 0.15) is 26.7 Å². The highest BCUT2D eigenvalue weighted by molar-refractivity contribution is 7.89. The zero-order chi connectivity index (χ0) is 18.7. The molecular weight excluding hydrogens is 371 g/mol. The van der Waals surface area contributed by atoms with Gasteiger partial charge in [-0.3, -0.25) is 0 Å². The van der Waals surface area contributed by atoms with E-state index in [-0.39, 0.29) is 11.4 Å². The van der Waals surface area contributed by atoms with Gasteiger partial charge < -0.3 is 0 Å². The van der Waals surface area contributed by atoms with Crippen molar-refractivity contribution in [3.63, 3.8) is 0 Å². The topological polar surface area (TPSA) is 59.1 Å². The maximum absolute atomic E-state index is 13.3. The van der Waals surface area contributed by atoms with Crippen molar-refractivity contribution in [2.75, 3.05) is 0 Å². The number of thiazole rings is 1. The fraction of sp³-hybridized carbons (Fsp3) is 0.211. The minimum Gasteiger partial charge on any atom is -0.245 e. The Balaban J connectivity index is 1.71. The van der Waals surface area contributed by atoms with E-state index in [9.17, 15) is 12.8 Å². The SMILES string of the molecule is Cc1cc(S(=O)(=O)NCc2nc(C)c(Cc3ccccc3)s2)ccc1F. The van der Waals surface area contributed by atoms with Crippen molar-refractivity contribution in [3.05, 3.63) is 81.1 Å². The van der Waals surface area contributed by atoms with Crippen molar-refractivity contribution >= 4 is 21.4 Å². The summed E-state index contributed by atoms with van der Waals surface area (Å²) in [4.78, 5) is 5.63. The van der Waals surface area contributed by atoms with Gasteiger partial charge >= 0.3 is 0 Å². The standard InChI is InChI=1S/C19H19FN2O2S2/c1-13-10-16(8-9-17(13)20)26(23,24)21-12-19-22-14(2)18(25-19)11-15-6-4-3-5-7-15/h3-10,21H,11-12H2,1-2H3. The molecule has 2 aromatic carbocycles. The van der Waals surface area contributed by atoms with Gasteiger partial charge in [-0.25, -0.2) is 22.5 Å². The monoisotopic (exact) mass is 390 g/mol. The molecule has 1 heterocycles. The average Bonchev–Trinajstić information content (AvgIpc) is 2.96. The molecule has 0 spiro atoms. The van der Waals surface area contributed by atoms with Gasteiger partial charge in [0, 0.05) is 11.3 Å². The maximum Gasteiger partial charge on any atom is 0.240 e. The summed E-state index contributed by atoms with van der Waals surface area (Å²) in [6, 6.07) is 13.8. The Morgan fingerprint density at radius 2 is 1.85 bits per heavy atom. The second-order valence-corrected chi connectivity index (χ2v) is 8.95. The zero-order valence-electron chi connectivity index (χ0n) is 14.5. The summed E-state index contributed by atoms with van der Waals surface area (Å²) in [6.45, 7) is 3.57. The van der Waals surface area contributed by atoms with Crippen LogP contribution in [0.2, 0.25) is 0 Å². The van der Waals surface area contributed by atoms with Crippen molar-refractivity contribution in [2.24, 2.45) is 0 Å². The van der Waals surface area contributed by atoms with Crippen molar-refractivity contribution in [3.8, 4) is 0 Å². The Bertz CT molecular complexity index is 1020. The molecule has 4 nitrogen and oxygen atoms in total. The Morgan fingerprint density at radius 1 is 1.12 bits per heavy atom. The minimum absolute atomic E-state index is 0.0502. The van der Waals surface area contributed by atoms with Crippen molar-refractivity contribution in [2.45, 2.75) is 31.7 Å². The number of hydrogen-bond acceptors (Lipinski definition) is 4. The molecule has 0 radical (unpaired) electrons. The molecule has 0 unspecified atom stereocenters. The lowest BCUT2D eigenvalue weighted by Gasteiger charge is -2.06. The van der Waals surface area contributed by atoms with Gasteiger partial charge in [0.2, 0.25) is 10.0 Å². The van der Waals surface area contributed by atoms with Crippen molar-refractivity contribution < 1.29 is 12.8 Å². The summed E-state index contributed by atoms with van der Waals surface area (Å²) >= 11 is 1.50. The lowest BCUT2D eigenvalue weighted by molar-refractivity contribution is 0.579. The van der Waals surface area contributed by atoms with Gasteiger partial charge in [-0.15, -0.1) is 11.3 Å². The quantitative estimate of drug-likeness (QED) is 0.693. The first-order valence-electron chi connectivity index (χ1n) is 8.10. The van der Waals surface area contributed by atoms with E-state index in [0.717, 1.165) is 23.1 Å². The van der Waals surface area contributed by atoms with Crippen LogP contribution in [0.3, 0.4) is 0 Å². The summed E-state index contributed by atoms with van der Waals surface area (Å²) in [5, 5.41) is 0.704. The van der Waals surface area contributed by atoms with E-state index in [1.807, 2.05) is 25.1 Å². The highest BCUT2D eigenvalue weighted by atomic mass is 32.2. The number of sulfonamides is 1. The summed E-state index contributed by atoms with van der Waals surface area (Å²) < 4.78 is 40.7. The highest BCUT2D eigenvalue weighted by Gasteiger charge is 2.17. The lowest BCUT2D eigenvalue weighted by Crippen LogP contribution is -2.23. The molecule has 0 fully saturated rings. The van der Waals surface area contributed by atoms with Crippen LogP contribution in [0.5, 0.6) is 0 Å². The predicted molar refractivity (Wildman–Crippen MR) is 101 cm³/mol. The summed E-state index contributed by atoms with van der Waals surface area (Å²) in [5.41, 5.74) is 2.39. The number of nitrogens with zero attached hydrogens (tertiary/aromatic N) is 1. The van der Waals surface area contributed by atoms with Gasteiger partial charge in [-0.05, 0) is 43.2 Å². The molecule has 0 saturated carbocycles. The molecule has 3 rings (SSSR count). The Hall–Kier alpha value is -2.09. The van der Waals surface area contributed by atoms with Crippen LogP contribution >= 0.6 is 11.3 Å². The second-order valence-electron chi connectivity index (χ2n) is 6.01. The Morgan fingerprint density at radius 3 is 2.54 bits per heavy atom. The molecule has 136 valence electrons. The third-order valence-electron chi connectivity index (χ3n) is 4.00. The number of aromatic nitrogens is 1. The molecule has 1 N–H and O–H groups in total. The van der Waals surface area contributed by atoms with Crippen molar-refractivity contribution in [1.29, 1.82) is 0 Å². The van der Waals surface area contributed by atoms with E-state index in [2.05, 4.69) is 21.8 Å². The highest BCUT2D eigenvalue weighted by Crippen LogP contribution is 2.22. The van der Waals surface area contributed by atoms with Gasteiger partial charge in [0.1, 0.15) is 10.8 Å². The number of rotatable bonds is 6. The van der Waals surface area contributed by atoms with Crippen LogP contribution in [0.25, 0.3) is 0 Å². The number of benzene rings is 2. The van der Waals surface area contributed by atoms with E-state index >= 15 is 0 Å². The number of hydrogen-bond donors (Lipinski definition) is 1. The molecule has 0 aliphatic rings. The van der Waals surface area contributed by atoms with Gasteiger partial charge in [-0.1, -0.05) is 30.3 Å². The van der Waals surface area contributed by atoms with Crippen LogP contribution in [0.15, 0.2) is 53.4 Å². The fourth-order valence-corrected chi connectivity index (χ4v) is 4.74. The van der Waals surface area contributed by atoms with E-state index in [1.54, 1.807) is 0 Å². The van der Waals surface area contributed by atoms with Crippen LogP contribution in [0, 0.1) is 19.7 Å². The minimum atomic E-state index is -3.71. The molecule has 0 saturated heterocycles. The Kier molecular flexibility index (Phi) is 5.50. The molecule has 1 aromatic heterocycles. The molecule has 26 heavy (non-hydrogen) atoms. The molecule has 3 aromatic rings. The van der Waals surface area contributed by atoms with E-state index < -0.39 is 15.8 Å². The largest absolute Gasteiger partial charge is 0.245 e. The van der Waals surface area contributed by atoms with E-state index in [4.69, 9.17) is 0 Å². The van der Waals surface area contributed by atoms with E-state index in [1.165, 1.54) is 36.0 Å². The van der Waals surface area contributed by atoms with Crippen molar-refractivity contribution in [1.82, 2.24) is 9.71 Å². The first kappa shape index (κ1) is 18.7. The third-order valence-corrected chi connectivity index (χ3v) is 6.55. The smallest absolute Gasteiger partial charge is 0.240 e. The molecule has 0 amide bonds. The normalized spacial score (nSPS) is 11.7. The lowest BCUT2D eigenvalue weighted by atomic mass is 10.1. The fourth-order valence-electron chi connectivity index (χ4n) is 2.53. The molecule has 7 heteroatoms. The number of nitrogens with one attached hydrogen (secondary N) is 1. The van der Waals surface area contributed by atoms with E-state index in [0.29, 0.717) is 10.6 Å². The first-order valence-corrected chi connectivity index (χ1v) is 10.4. The summed E-state index contributed by atoms with van der Waals surface area (Å²) in [5.74, 6) is -0.426. The molecular formula is C19H19FN2O2S2. The van der Waals surface area contributed by atoms with Gasteiger partial charge in [0.15, 0.2) is 0 Å². The molecule has 0 atom stereocenters. The summed E-state index contributed by atoms with van der Waals surface area (Å²) in [6.07, 6.45) is 0.772. The third kappa shape index (κ3) is 4.35. The van der Waals surface area contributed by atoms with Crippen LogP contribution < -0.4 is 4.72 Å². The van der Waals surface area contributed by atoms with Crippen LogP contribution in [-0.2, 0) is 23.0 Å². The van der Waals surface area contributed by atoms with Gasteiger partial charge in [-0.2, -0.15) is 0 Å².